The Morgan fingerprint density at radius 1 is 1.44 bits per heavy atom. The lowest BCUT2D eigenvalue weighted by Crippen LogP contribution is -2.43. The minimum Gasteiger partial charge on any atom is -0.480 e. The molecule has 1 rings (SSSR count). The van der Waals surface area contributed by atoms with E-state index in [1.54, 1.807) is 0 Å². The number of carboxylic acids is 1. The molecule has 16 heavy (non-hydrogen) atoms. The van der Waals surface area contributed by atoms with Gasteiger partial charge in [-0.2, -0.15) is 13.2 Å². The number of carboxylic acid groups (broad SMARTS) is 1. The summed E-state index contributed by atoms with van der Waals surface area (Å²) in [6, 6.07) is -1.17. The number of carbonyl (C=O) groups is 2. The number of carbonyl (C=O) groups excluding carboxylic acids is 1. The fourth-order valence-corrected chi connectivity index (χ4v) is 1.13. The molecular formula is C8H10F3NO4. The number of alkyl carbamates (subject to hydrolysis) is 1. The van der Waals surface area contributed by atoms with Crippen LogP contribution in [0, 0.1) is 5.92 Å². The zero-order chi connectivity index (χ0) is 12.3. The maximum Gasteiger partial charge on any atom is 0.422 e. The van der Waals surface area contributed by atoms with E-state index in [9.17, 15) is 22.8 Å². The zero-order valence-corrected chi connectivity index (χ0v) is 8.08. The molecule has 0 aromatic heterocycles. The molecule has 8 heteroatoms. The third kappa shape index (κ3) is 4.37. The first-order chi connectivity index (χ1) is 7.29. The van der Waals surface area contributed by atoms with Gasteiger partial charge in [0.1, 0.15) is 6.04 Å². The molecule has 2 N–H and O–H groups in total. The van der Waals surface area contributed by atoms with Gasteiger partial charge in [0.2, 0.25) is 0 Å². The Kier molecular flexibility index (Phi) is 3.61. The highest BCUT2D eigenvalue weighted by Gasteiger charge is 2.38. The topological polar surface area (TPSA) is 75.6 Å². The van der Waals surface area contributed by atoms with Gasteiger partial charge in [0, 0.05) is 0 Å². The number of rotatable bonds is 4. The summed E-state index contributed by atoms with van der Waals surface area (Å²) < 4.78 is 38.8. The van der Waals surface area contributed by atoms with E-state index in [-0.39, 0.29) is 5.92 Å². The van der Waals surface area contributed by atoms with Gasteiger partial charge < -0.3 is 15.2 Å². The van der Waals surface area contributed by atoms with Gasteiger partial charge in [-0.1, -0.05) is 0 Å². The van der Waals surface area contributed by atoms with Crippen LogP contribution in [0.2, 0.25) is 0 Å². The van der Waals surface area contributed by atoms with Crippen LogP contribution >= 0.6 is 0 Å². The number of amides is 1. The summed E-state index contributed by atoms with van der Waals surface area (Å²) in [5.74, 6) is -1.48. The molecular weight excluding hydrogens is 231 g/mol. The summed E-state index contributed by atoms with van der Waals surface area (Å²) in [5.41, 5.74) is 0. The molecule has 0 saturated heterocycles. The molecule has 92 valence electrons. The number of alkyl halides is 3. The summed E-state index contributed by atoms with van der Waals surface area (Å²) >= 11 is 0. The average Bonchev–Trinajstić information content (AvgIpc) is 2.92. The molecule has 0 aromatic carbocycles. The SMILES string of the molecule is O=C(NC(C(=O)O)C1CC1)OCC(F)(F)F. The summed E-state index contributed by atoms with van der Waals surface area (Å²) in [7, 11) is 0. The van der Waals surface area contributed by atoms with Gasteiger partial charge in [0.25, 0.3) is 0 Å². The zero-order valence-electron chi connectivity index (χ0n) is 8.08. The molecule has 0 radical (unpaired) electrons. The maximum absolute atomic E-state index is 11.7. The number of hydrogen-bond acceptors (Lipinski definition) is 3. The Bertz CT molecular complexity index is 287. The van der Waals surface area contributed by atoms with Gasteiger partial charge in [0.05, 0.1) is 0 Å². The van der Waals surface area contributed by atoms with Crippen molar-refractivity contribution in [2.45, 2.75) is 25.1 Å². The fraction of sp³-hybridized carbons (Fsp3) is 0.750. The number of ether oxygens (including phenoxy) is 1. The Morgan fingerprint density at radius 3 is 2.38 bits per heavy atom. The largest absolute Gasteiger partial charge is 0.480 e. The second-order valence-electron chi connectivity index (χ2n) is 3.49. The second-order valence-corrected chi connectivity index (χ2v) is 3.49. The summed E-state index contributed by atoms with van der Waals surface area (Å²) in [4.78, 5) is 21.5. The summed E-state index contributed by atoms with van der Waals surface area (Å²) in [5, 5.41) is 10.6. The van der Waals surface area contributed by atoms with Gasteiger partial charge in [-0.3, -0.25) is 0 Å². The van der Waals surface area contributed by atoms with Crippen molar-refractivity contribution in [1.82, 2.24) is 5.32 Å². The molecule has 1 fully saturated rings. The van der Waals surface area contributed by atoms with Crippen molar-refractivity contribution in [2.24, 2.45) is 5.92 Å². The highest BCUT2D eigenvalue weighted by molar-refractivity contribution is 5.80. The lowest BCUT2D eigenvalue weighted by Gasteiger charge is -2.14. The third-order valence-electron chi connectivity index (χ3n) is 2.00. The van der Waals surface area contributed by atoms with Crippen LogP contribution in [0.15, 0.2) is 0 Å². The minimum atomic E-state index is -4.62. The molecule has 5 nitrogen and oxygen atoms in total. The maximum atomic E-state index is 11.7. The van der Waals surface area contributed by atoms with Gasteiger partial charge in [-0.05, 0) is 18.8 Å². The lowest BCUT2D eigenvalue weighted by atomic mass is 10.2. The predicted molar refractivity (Wildman–Crippen MR) is 44.7 cm³/mol. The molecule has 1 atom stereocenters. The van der Waals surface area contributed by atoms with Crippen molar-refractivity contribution in [1.29, 1.82) is 0 Å². The second kappa shape index (κ2) is 4.58. The predicted octanol–water partition coefficient (Wildman–Crippen LogP) is 1.14. The standard InChI is InChI=1S/C8H10F3NO4/c9-8(10,11)3-16-7(15)12-5(6(13)14)4-1-2-4/h4-5H,1-3H2,(H,12,15)(H,13,14). The van der Waals surface area contributed by atoms with Crippen LogP contribution in [0.25, 0.3) is 0 Å². The van der Waals surface area contributed by atoms with Gasteiger partial charge in [-0.25, -0.2) is 9.59 Å². The van der Waals surface area contributed by atoms with Crippen molar-refractivity contribution >= 4 is 12.1 Å². The lowest BCUT2D eigenvalue weighted by molar-refractivity contribution is -0.160. The molecule has 0 heterocycles. The minimum absolute atomic E-state index is 0.212. The molecule has 0 aromatic rings. The van der Waals surface area contributed by atoms with Crippen LogP contribution in [0.4, 0.5) is 18.0 Å². The van der Waals surface area contributed by atoms with E-state index in [1.807, 2.05) is 5.32 Å². The molecule has 0 spiro atoms. The van der Waals surface area contributed by atoms with E-state index in [0.717, 1.165) is 0 Å². The monoisotopic (exact) mass is 241 g/mol. The highest BCUT2D eigenvalue weighted by atomic mass is 19.4. The van der Waals surface area contributed by atoms with Gasteiger partial charge >= 0.3 is 18.2 Å². The van der Waals surface area contributed by atoms with Crippen molar-refractivity contribution in [2.75, 3.05) is 6.61 Å². The Morgan fingerprint density at radius 2 is 2.00 bits per heavy atom. The fourth-order valence-electron chi connectivity index (χ4n) is 1.13. The number of hydrogen-bond donors (Lipinski definition) is 2. The Hall–Kier alpha value is -1.47. The summed E-state index contributed by atoms with van der Waals surface area (Å²) in [6.07, 6.45) is -4.71. The van der Waals surface area contributed by atoms with Crippen molar-refractivity contribution in [3.8, 4) is 0 Å². The quantitative estimate of drug-likeness (QED) is 0.773. The van der Waals surface area contributed by atoms with Gasteiger partial charge in [-0.15, -0.1) is 0 Å². The van der Waals surface area contributed by atoms with Crippen molar-refractivity contribution in [3.63, 3.8) is 0 Å². The van der Waals surface area contributed by atoms with E-state index < -0.39 is 30.9 Å². The van der Waals surface area contributed by atoms with Gasteiger partial charge in [0.15, 0.2) is 6.61 Å². The first kappa shape index (κ1) is 12.6. The molecule has 1 aliphatic carbocycles. The third-order valence-corrected chi connectivity index (χ3v) is 2.00. The van der Waals surface area contributed by atoms with Crippen LogP contribution in [0.3, 0.4) is 0 Å². The number of aliphatic carboxylic acids is 1. The molecule has 1 unspecified atom stereocenters. The molecule has 1 saturated carbocycles. The first-order valence-corrected chi connectivity index (χ1v) is 4.52. The van der Waals surface area contributed by atoms with E-state index in [4.69, 9.17) is 5.11 Å². The Balaban J connectivity index is 2.34. The van der Waals surface area contributed by atoms with Crippen molar-refractivity contribution in [3.05, 3.63) is 0 Å². The van der Waals surface area contributed by atoms with Crippen molar-refractivity contribution < 1.29 is 32.6 Å². The Labute approximate surface area is 88.6 Å². The van der Waals surface area contributed by atoms with E-state index in [0.29, 0.717) is 12.8 Å². The van der Waals surface area contributed by atoms with Crippen LogP contribution < -0.4 is 5.32 Å². The molecule has 0 aliphatic heterocycles. The molecule has 1 amide bonds. The molecule has 0 bridgehead atoms. The highest BCUT2D eigenvalue weighted by Crippen LogP contribution is 2.32. The number of nitrogens with one attached hydrogen (secondary N) is 1. The average molecular weight is 241 g/mol. The van der Waals surface area contributed by atoms with Crippen LogP contribution in [0.5, 0.6) is 0 Å². The first-order valence-electron chi connectivity index (χ1n) is 4.52. The van der Waals surface area contributed by atoms with E-state index in [2.05, 4.69) is 4.74 Å². The van der Waals surface area contributed by atoms with E-state index >= 15 is 0 Å². The molecule has 1 aliphatic rings. The smallest absolute Gasteiger partial charge is 0.422 e. The van der Waals surface area contributed by atoms with Crippen LogP contribution in [0.1, 0.15) is 12.8 Å². The van der Waals surface area contributed by atoms with Crippen LogP contribution in [-0.4, -0.2) is 36.0 Å². The number of halogens is 3. The normalized spacial score (nSPS) is 17.7. The summed E-state index contributed by atoms with van der Waals surface area (Å²) in [6.45, 7) is -1.73. The van der Waals surface area contributed by atoms with Crippen LogP contribution in [-0.2, 0) is 9.53 Å². The van der Waals surface area contributed by atoms with E-state index in [1.165, 1.54) is 0 Å².